The maximum absolute atomic E-state index is 11.8. The van der Waals surface area contributed by atoms with E-state index in [9.17, 15) is 4.79 Å². The number of carbonyl (C=O) groups excluding carboxylic acids is 1. The molecule has 0 radical (unpaired) electrons. The smallest absolute Gasteiger partial charge is 0.272 e. The van der Waals surface area contributed by atoms with Crippen LogP contribution in [0.1, 0.15) is 28.9 Å². The van der Waals surface area contributed by atoms with E-state index in [-0.39, 0.29) is 5.91 Å². The fourth-order valence-corrected chi connectivity index (χ4v) is 1.37. The van der Waals surface area contributed by atoms with Crippen molar-refractivity contribution in [3.63, 3.8) is 0 Å². The van der Waals surface area contributed by atoms with Gasteiger partial charge in [0.25, 0.3) is 5.91 Å². The highest BCUT2D eigenvalue weighted by molar-refractivity contribution is 5.93. The first-order valence-corrected chi connectivity index (χ1v) is 4.47. The molecule has 1 N–H and O–H groups in total. The van der Waals surface area contributed by atoms with E-state index in [1.807, 2.05) is 14.0 Å². The molecule has 1 amide bonds. The Morgan fingerprint density at radius 1 is 1.69 bits per heavy atom. The number of hydrogen-bond acceptors (Lipinski definition) is 2. The van der Waals surface area contributed by atoms with E-state index in [2.05, 4.69) is 10.2 Å². The van der Waals surface area contributed by atoms with Crippen LogP contribution in [0.2, 0.25) is 0 Å². The highest BCUT2D eigenvalue weighted by atomic mass is 16.2. The molecule has 0 unspecified atom stereocenters. The van der Waals surface area contributed by atoms with Crippen LogP contribution in [0.3, 0.4) is 0 Å². The van der Waals surface area contributed by atoms with Crippen LogP contribution >= 0.6 is 0 Å². The largest absolute Gasteiger partial charge is 0.337 e. The van der Waals surface area contributed by atoms with Crippen LogP contribution in [0.25, 0.3) is 0 Å². The maximum Gasteiger partial charge on any atom is 0.272 e. The number of aryl methyl sites for hydroxylation is 1. The van der Waals surface area contributed by atoms with Gasteiger partial charge in [0.2, 0.25) is 0 Å². The molecule has 1 heterocycles. The van der Waals surface area contributed by atoms with Crippen molar-refractivity contribution in [3.8, 4) is 0 Å². The lowest BCUT2D eigenvalue weighted by Crippen LogP contribution is -2.29. The first kappa shape index (κ1) is 8.29. The Hall–Kier alpha value is -1.32. The van der Waals surface area contributed by atoms with Crippen LogP contribution in [0.5, 0.6) is 0 Å². The number of aromatic nitrogens is 2. The number of nitrogens with zero attached hydrogens (tertiary/aromatic N) is 2. The molecule has 2 rings (SSSR count). The number of rotatable bonds is 2. The summed E-state index contributed by atoms with van der Waals surface area (Å²) in [4.78, 5) is 13.6. The molecule has 13 heavy (non-hydrogen) atoms. The molecule has 0 aromatic carbocycles. The van der Waals surface area contributed by atoms with Gasteiger partial charge in [0.05, 0.1) is 6.20 Å². The van der Waals surface area contributed by atoms with E-state index >= 15 is 0 Å². The van der Waals surface area contributed by atoms with Gasteiger partial charge < -0.3 is 4.90 Å². The number of hydrogen-bond donors (Lipinski definition) is 1. The summed E-state index contributed by atoms with van der Waals surface area (Å²) in [6.07, 6.45) is 3.94. The summed E-state index contributed by atoms with van der Waals surface area (Å²) in [5.74, 6) is 0.0532. The highest BCUT2D eigenvalue weighted by Gasteiger charge is 2.31. The average molecular weight is 179 g/mol. The third kappa shape index (κ3) is 1.43. The molecule has 0 saturated heterocycles. The van der Waals surface area contributed by atoms with Crippen molar-refractivity contribution in [1.29, 1.82) is 0 Å². The fourth-order valence-electron chi connectivity index (χ4n) is 1.37. The van der Waals surface area contributed by atoms with Crippen molar-refractivity contribution in [3.05, 3.63) is 17.5 Å². The van der Waals surface area contributed by atoms with Crippen LogP contribution in [0, 0.1) is 6.92 Å². The first-order valence-electron chi connectivity index (χ1n) is 4.47. The lowest BCUT2D eigenvalue weighted by molar-refractivity contribution is 0.0778. The molecule has 4 heteroatoms. The minimum absolute atomic E-state index is 0.0532. The molecule has 0 spiro atoms. The van der Waals surface area contributed by atoms with Gasteiger partial charge in [-0.25, -0.2) is 0 Å². The van der Waals surface area contributed by atoms with Crippen LogP contribution in [-0.2, 0) is 0 Å². The summed E-state index contributed by atoms with van der Waals surface area (Å²) in [5.41, 5.74) is 1.53. The zero-order valence-electron chi connectivity index (χ0n) is 7.87. The minimum Gasteiger partial charge on any atom is -0.337 e. The van der Waals surface area contributed by atoms with Gasteiger partial charge in [-0.05, 0) is 25.3 Å². The Balaban J connectivity index is 2.16. The van der Waals surface area contributed by atoms with Gasteiger partial charge in [-0.1, -0.05) is 0 Å². The first-order chi connectivity index (χ1) is 6.20. The van der Waals surface area contributed by atoms with Crippen LogP contribution in [-0.4, -0.2) is 34.1 Å². The van der Waals surface area contributed by atoms with Crippen molar-refractivity contribution in [2.45, 2.75) is 25.8 Å². The molecular weight excluding hydrogens is 166 g/mol. The van der Waals surface area contributed by atoms with E-state index in [0.717, 1.165) is 18.4 Å². The van der Waals surface area contributed by atoms with Gasteiger partial charge >= 0.3 is 0 Å². The number of amides is 1. The van der Waals surface area contributed by atoms with Crippen LogP contribution in [0.4, 0.5) is 0 Å². The van der Waals surface area contributed by atoms with Crippen LogP contribution in [0.15, 0.2) is 6.20 Å². The summed E-state index contributed by atoms with van der Waals surface area (Å²) < 4.78 is 0. The zero-order valence-corrected chi connectivity index (χ0v) is 7.87. The second-order valence-corrected chi connectivity index (χ2v) is 3.58. The van der Waals surface area contributed by atoms with Gasteiger partial charge in [0.1, 0.15) is 5.69 Å². The monoisotopic (exact) mass is 179 g/mol. The van der Waals surface area contributed by atoms with Gasteiger partial charge in [0.15, 0.2) is 0 Å². The molecule has 1 aliphatic carbocycles. The molecule has 1 aromatic heterocycles. The molecule has 1 aliphatic rings. The number of carbonyl (C=O) groups is 1. The Morgan fingerprint density at radius 3 is 2.85 bits per heavy atom. The lowest BCUT2D eigenvalue weighted by atomic mass is 10.2. The predicted molar refractivity (Wildman–Crippen MR) is 48.4 cm³/mol. The standard InChI is InChI=1S/C9H13N3O/c1-6-5-10-11-8(6)9(13)12(2)7-3-4-7/h5,7H,3-4H2,1-2H3,(H,10,11). The molecule has 0 atom stereocenters. The van der Waals surface area contributed by atoms with Crippen molar-refractivity contribution in [1.82, 2.24) is 15.1 Å². The Kier molecular flexibility index (Phi) is 1.83. The average Bonchev–Trinajstić information content (AvgIpc) is 2.87. The highest BCUT2D eigenvalue weighted by Crippen LogP contribution is 2.26. The lowest BCUT2D eigenvalue weighted by Gasteiger charge is -2.15. The Morgan fingerprint density at radius 2 is 2.38 bits per heavy atom. The summed E-state index contributed by atoms with van der Waals surface area (Å²) in [6, 6.07) is 0.454. The third-order valence-corrected chi connectivity index (χ3v) is 2.46. The van der Waals surface area contributed by atoms with Crippen molar-refractivity contribution < 1.29 is 4.79 Å². The molecule has 4 nitrogen and oxygen atoms in total. The summed E-state index contributed by atoms with van der Waals surface area (Å²) >= 11 is 0. The maximum atomic E-state index is 11.8. The number of aromatic amines is 1. The van der Waals surface area contributed by atoms with E-state index < -0.39 is 0 Å². The van der Waals surface area contributed by atoms with Crippen LogP contribution < -0.4 is 0 Å². The molecule has 1 saturated carbocycles. The second-order valence-electron chi connectivity index (χ2n) is 3.58. The molecule has 1 aromatic rings. The summed E-state index contributed by atoms with van der Waals surface area (Å²) in [6.45, 7) is 1.89. The number of H-pyrrole nitrogens is 1. The quantitative estimate of drug-likeness (QED) is 0.734. The van der Waals surface area contributed by atoms with E-state index in [0.29, 0.717) is 11.7 Å². The fraction of sp³-hybridized carbons (Fsp3) is 0.556. The van der Waals surface area contributed by atoms with Gasteiger partial charge in [0, 0.05) is 13.1 Å². The molecule has 0 aliphatic heterocycles. The van der Waals surface area contributed by atoms with E-state index in [1.165, 1.54) is 0 Å². The Bertz CT molecular complexity index is 327. The normalized spacial score (nSPS) is 15.8. The second kappa shape index (κ2) is 2.87. The van der Waals surface area contributed by atoms with Gasteiger partial charge in [-0.3, -0.25) is 9.89 Å². The summed E-state index contributed by atoms with van der Waals surface area (Å²) in [5, 5.41) is 6.56. The van der Waals surface area contributed by atoms with Gasteiger partial charge in [-0.2, -0.15) is 5.10 Å². The number of nitrogens with one attached hydrogen (secondary N) is 1. The molecular formula is C9H13N3O. The van der Waals surface area contributed by atoms with Crippen molar-refractivity contribution in [2.75, 3.05) is 7.05 Å². The van der Waals surface area contributed by atoms with Crippen molar-refractivity contribution >= 4 is 5.91 Å². The minimum atomic E-state index is 0.0532. The summed E-state index contributed by atoms with van der Waals surface area (Å²) in [7, 11) is 1.85. The molecule has 1 fully saturated rings. The van der Waals surface area contributed by atoms with Gasteiger partial charge in [-0.15, -0.1) is 0 Å². The SMILES string of the molecule is Cc1cn[nH]c1C(=O)N(C)C1CC1. The molecule has 0 bridgehead atoms. The third-order valence-electron chi connectivity index (χ3n) is 2.46. The topological polar surface area (TPSA) is 49.0 Å². The van der Waals surface area contributed by atoms with Crippen molar-refractivity contribution in [2.24, 2.45) is 0 Å². The van der Waals surface area contributed by atoms with E-state index in [1.54, 1.807) is 11.1 Å². The predicted octanol–water partition coefficient (Wildman–Crippen LogP) is 0.953. The molecule has 70 valence electrons. The zero-order chi connectivity index (χ0) is 9.42. The Labute approximate surface area is 76.9 Å². The van der Waals surface area contributed by atoms with E-state index in [4.69, 9.17) is 0 Å².